The van der Waals surface area contributed by atoms with Crippen molar-refractivity contribution < 1.29 is 14.4 Å². The number of hydrogen-bond donors (Lipinski definition) is 1. The molecule has 7 rings (SSSR count). The van der Waals surface area contributed by atoms with Crippen LogP contribution in [0.2, 0.25) is 0 Å². The van der Waals surface area contributed by atoms with Gasteiger partial charge in [-0.3, -0.25) is 14.4 Å². The summed E-state index contributed by atoms with van der Waals surface area (Å²) in [7, 11) is 0. The summed E-state index contributed by atoms with van der Waals surface area (Å²) in [6.45, 7) is 0. The normalized spacial score (nSPS) is 24.5. The van der Waals surface area contributed by atoms with Gasteiger partial charge >= 0.3 is 0 Å². The van der Waals surface area contributed by atoms with Crippen molar-refractivity contribution in [1.82, 2.24) is 4.90 Å². The van der Waals surface area contributed by atoms with Gasteiger partial charge in [0.2, 0.25) is 5.91 Å². The minimum Gasteiger partial charge on any atom is -0.358 e. The van der Waals surface area contributed by atoms with E-state index in [0.29, 0.717) is 16.8 Å². The fourth-order valence-electron chi connectivity index (χ4n) is 6.72. The maximum Gasteiger partial charge on any atom is 0.238 e. The lowest BCUT2D eigenvalue weighted by molar-refractivity contribution is -0.122. The number of para-hydroxylation sites is 1. The highest BCUT2D eigenvalue weighted by atomic mass is 16.2. The van der Waals surface area contributed by atoms with Crippen molar-refractivity contribution in [2.45, 2.75) is 17.5 Å². The molecule has 3 aliphatic rings. The van der Waals surface area contributed by atoms with Crippen molar-refractivity contribution in [2.75, 3.05) is 5.32 Å². The average Bonchev–Trinajstić information content (AvgIpc) is 3.45. The number of amides is 1. The van der Waals surface area contributed by atoms with Gasteiger partial charge in [-0.2, -0.15) is 0 Å². The Morgan fingerprint density at radius 1 is 0.711 bits per heavy atom. The predicted molar refractivity (Wildman–Crippen MR) is 146 cm³/mol. The van der Waals surface area contributed by atoms with E-state index < -0.39 is 23.4 Å². The Bertz CT molecular complexity index is 1630. The third kappa shape index (κ3) is 2.96. The van der Waals surface area contributed by atoms with Crippen LogP contribution in [0.3, 0.4) is 0 Å². The lowest BCUT2D eigenvalue weighted by Gasteiger charge is -2.38. The number of Topliss-reactive ketones (excluding diaryl/α,β-unsaturated/α-hetero) is 2. The number of rotatable bonds is 4. The SMILES string of the molecule is O=C(c1ccccc1)[C@@H]1[C@H](C(=O)c2ccccc2)[C@]2(C(=O)Nc3ccccc32)[C@H]2c3ccccc3C=CN12. The van der Waals surface area contributed by atoms with Gasteiger partial charge in [-0.1, -0.05) is 103 Å². The zero-order chi connectivity index (χ0) is 25.9. The quantitative estimate of drug-likeness (QED) is 0.370. The van der Waals surface area contributed by atoms with E-state index in [-0.39, 0.29) is 17.5 Å². The Labute approximate surface area is 220 Å². The first-order valence-electron chi connectivity index (χ1n) is 12.8. The molecule has 3 heterocycles. The molecule has 4 aromatic carbocycles. The lowest BCUT2D eigenvalue weighted by Crippen LogP contribution is -2.49. The summed E-state index contributed by atoms with van der Waals surface area (Å²) in [4.78, 5) is 45.2. The number of anilines is 1. The summed E-state index contributed by atoms with van der Waals surface area (Å²) in [5, 5.41) is 3.08. The van der Waals surface area contributed by atoms with E-state index in [1.54, 1.807) is 24.3 Å². The second kappa shape index (κ2) is 8.38. The molecule has 38 heavy (non-hydrogen) atoms. The molecule has 1 fully saturated rings. The van der Waals surface area contributed by atoms with Crippen LogP contribution >= 0.6 is 0 Å². The van der Waals surface area contributed by atoms with Gasteiger partial charge in [-0.25, -0.2) is 0 Å². The molecular formula is C33H24N2O3. The van der Waals surface area contributed by atoms with Crippen LogP contribution in [0.25, 0.3) is 6.08 Å². The van der Waals surface area contributed by atoms with Gasteiger partial charge in [0.15, 0.2) is 11.6 Å². The number of ketones is 2. The van der Waals surface area contributed by atoms with Gasteiger partial charge < -0.3 is 10.2 Å². The maximum atomic E-state index is 14.6. The third-order valence-corrected chi connectivity index (χ3v) is 8.24. The molecule has 4 aromatic rings. The molecule has 3 aliphatic heterocycles. The van der Waals surface area contributed by atoms with E-state index >= 15 is 0 Å². The molecule has 0 saturated carbocycles. The second-order valence-electron chi connectivity index (χ2n) is 10.0. The topological polar surface area (TPSA) is 66.5 Å². The van der Waals surface area contributed by atoms with E-state index in [9.17, 15) is 14.4 Å². The average molecular weight is 497 g/mol. The summed E-state index contributed by atoms with van der Waals surface area (Å²) in [5.41, 5.74) is 3.03. The highest BCUT2D eigenvalue weighted by molar-refractivity contribution is 6.16. The number of nitrogens with one attached hydrogen (secondary N) is 1. The fourth-order valence-corrected chi connectivity index (χ4v) is 6.72. The molecule has 5 nitrogen and oxygen atoms in total. The largest absolute Gasteiger partial charge is 0.358 e. The summed E-state index contributed by atoms with van der Waals surface area (Å²) in [5.74, 6) is -1.60. The Kier molecular flexibility index (Phi) is 4.95. The van der Waals surface area contributed by atoms with Crippen LogP contribution in [0, 0.1) is 5.92 Å². The molecular weight excluding hydrogens is 472 g/mol. The van der Waals surface area contributed by atoms with Crippen molar-refractivity contribution in [3.05, 3.63) is 143 Å². The number of hydrogen-bond acceptors (Lipinski definition) is 4. The zero-order valence-corrected chi connectivity index (χ0v) is 20.5. The van der Waals surface area contributed by atoms with Crippen molar-refractivity contribution >= 4 is 29.2 Å². The molecule has 0 bridgehead atoms. The number of nitrogens with zero attached hydrogens (tertiary/aromatic N) is 1. The van der Waals surface area contributed by atoms with Crippen LogP contribution < -0.4 is 5.32 Å². The number of fused-ring (bicyclic) bond motifs is 6. The molecule has 184 valence electrons. The number of carbonyl (C=O) groups is 3. The van der Waals surface area contributed by atoms with Gasteiger partial charge in [0.05, 0.1) is 12.0 Å². The first-order valence-corrected chi connectivity index (χ1v) is 12.8. The van der Waals surface area contributed by atoms with Crippen LogP contribution in [0.15, 0.2) is 115 Å². The smallest absolute Gasteiger partial charge is 0.238 e. The first-order chi connectivity index (χ1) is 18.6. The minimum absolute atomic E-state index is 0.178. The zero-order valence-electron chi connectivity index (χ0n) is 20.5. The van der Waals surface area contributed by atoms with Crippen molar-refractivity contribution in [3.63, 3.8) is 0 Å². The van der Waals surface area contributed by atoms with Crippen LogP contribution in [0.5, 0.6) is 0 Å². The summed E-state index contributed by atoms with van der Waals surface area (Å²) < 4.78 is 0. The van der Waals surface area contributed by atoms with E-state index in [4.69, 9.17) is 0 Å². The molecule has 1 saturated heterocycles. The van der Waals surface area contributed by atoms with E-state index in [1.165, 1.54) is 0 Å². The van der Waals surface area contributed by atoms with Crippen molar-refractivity contribution in [3.8, 4) is 0 Å². The van der Waals surface area contributed by atoms with E-state index in [0.717, 1.165) is 16.7 Å². The van der Waals surface area contributed by atoms with Crippen molar-refractivity contribution in [1.29, 1.82) is 0 Å². The summed E-state index contributed by atoms with van der Waals surface area (Å²) in [6.07, 6.45) is 3.87. The standard InChI is InChI=1S/C33H24N2O3/c36-29(22-12-3-1-4-13-22)27-28(30(37)23-14-5-2-6-15-23)35-20-19-21-11-7-8-16-24(21)31(35)33(27)25-17-9-10-18-26(25)34-32(33)38/h1-20,27-28,31H,(H,34,38)/t27-,28+,31-,33+/m1/s1. The molecule has 0 unspecified atom stereocenters. The van der Waals surface area contributed by atoms with E-state index in [2.05, 4.69) is 5.32 Å². The highest BCUT2D eigenvalue weighted by Crippen LogP contribution is 2.62. The third-order valence-electron chi connectivity index (χ3n) is 8.24. The molecule has 1 amide bonds. The van der Waals surface area contributed by atoms with Crippen LogP contribution in [0.4, 0.5) is 5.69 Å². The van der Waals surface area contributed by atoms with Crippen molar-refractivity contribution in [2.24, 2.45) is 5.92 Å². The second-order valence-corrected chi connectivity index (χ2v) is 10.0. The Morgan fingerprint density at radius 3 is 2.05 bits per heavy atom. The monoisotopic (exact) mass is 496 g/mol. The van der Waals surface area contributed by atoms with Crippen LogP contribution in [-0.2, 0) is 10.2 Å². The fraction of sp³-hybridized carbons (Fsp3) is 0.121. The van der Waals surface area contributed by atoms with Gasteiger partial charge in [-0.15, -0.1) is 0 Å². The highest BCUT2D eigenvalue weighted by Gasteiger charge is 2.70. The van der Waals surface area contributed by atoms with Gasteiger partial charge in [0.1, 0.15) is 11.5 Å². The Hall–Kier alpha value is -4.77. The molecule has 4 atom stereocenters. The molecule has 0 aromatic heterocycles. The summed E-state index contributed by atoms with van der Waals surface area (Å²) >= 11 is 0. The molecule has 0 radical (unpaired) electrons. The van der Waals surface area contributed by atoms with Gasteiger partial charge in [-0.05, 0) is 28.8 Å². The molecule has 5 heteroatoms. The maximum absolute atomic E-state index is 14.6. The minimum atomic E-state index is -1.31. The lowest BCUT2D eigenvalue weighted by atomic mass is 9.62. The predicted octanol–water partition coefficient (Wildman–Crippen LogP) is 5.67. The van der Waals surface area contributed by atoms with Crippen LogP contribution in [0.1, 0.15) is 43.4 Å². The van der Waals surface area contributed by atoms with Gasteiger partial charge in [0, 0.05) is 23.0 Å². The molecule has 1 N–H and O–H groups in total. The first kappa shape index (κ1) is 22.4. The van der Waals surface area contributed by atoms with E-state index in [1.807, 2.05) is 102 Å². The number of benzene rings is 4. The van der Waals surface area contributed by atoms with Crippen LogP contribution in [-0.4, -0.2) is 28.4 Å². The van der Waals surface area contributed by atoms with Gasteiger partial charge in [0.25, 0.3) is 0 Å². The number of carbonyl (C=O) groups excluding carboxylic acids is 3. The Balaban J connectivity index is 1.55. The molecule has 0 aliphatic carbocycles. The summed E-state index contributed by atoms with van der Waals surface area (Å²) in [6, 6.07) is 32.1. The molecule has 1 spiro atoms. The Morgan fingerprint density at radius 2 is 1.32 bits per heavy atom.